The van der Waals surface area contributed by atoms with Crippen LogP contribution in [0.15, 0.2) is 54.6 Å². The van der Waals surface area contributed by atoms with Gasteiger partial charge in [-0.25, -0.2) is 0 Å². The molecule has 126 valence electrons. The zero-order chi connectivity index (χ0) is 17.0. The fourth-order valence-electron chi connectivity index (χ4n) is 3.31. The second-order valence-corrected chi connectivity index (χ2v) is 6.49. The highest BCUT2D eigenvalue weighted by molar-refractivity contribution is 5.85. The van der Waals surface area contributed by atoms with Gasteiger partial charge in [-0.1, -0.05) is 54.6 Å². The predicted molar refractivity (Wildman–Crippen MR) is 95.4 cm³/mol. The Labute approximate surface area is 143 Å². The van der Waals surface area contributed by atoms with E-state index in [0.29, 0.717) is 13.0 Å². The number of hydrogen-bond donors (Lipinski definition) is 2. The third-order valence-electron chi connectivity index (χ3n) is 4.66. The van der Waals surface area contributed by atoms with Crippen LogP contribution < -0.4 is 5.32 Å². The first-order chi connectivity index (χ1) is 11.6. The van der Waals surface area contributed by atoms with Crippen molar-refractivity contribution in [1.82, 2.24) is 10.2 Å². The van der Waals surface area contributed by atoms with Gasteiger partial charge in [0.1, 0.15) is 0 Å². The molecule has 1 saturated heterocycles. The molecule has 0 saturated carbocycles. The second-order valence-electron chi connectivity index (χ2n) is 6.49. The number of benzene rings is 2. The van der Waals surface area contributed by atoms with Gasteiger partial charge in [-0.05, 0) is 29.5 Å². The molecule has 0 radical (unpaired) electrons. The summed E-state index contributed by atoms with van der Waals surface area (Å²) in [5, 5.41) is 13.9. The number of nitrogens with zero attached hydrogens (tertiary/aromatic N) is 1. The molecule has 0 aromatic heterocycles. The molecule has 2 N–H and O–H groups in total. The summed E-state index contributed by atoms with van der Waals surface area (Å²) in [5.74, 6) is -0.183. The van der Waals surface area contributed by atoms with Gasteiger partial charge in [-0.15, -0.1) is 0 Å². The highest BCUT2D eigenvalue weighted by atomic mass is 16.3. The number of nitrogens with one attached hydrogen (secondary N) is 1. The standard InChI is InChI=1S/C20H24N2O2/c1-22-13-7-12-20(24,19(22)23)15-21-14-17-10-5-6-11-18(17)16-8-3-2-4-9-16/h2-6,8-11,21,24H,7,12-15H2,1H3. The Morgan fingerprint density at radius 2 is 1.83 bits per heavy atom. The van der Waals surface area contributed by atoms with Crippen LogP contribution in [0, 0.1) is 0 Å². The molecule has 1 aliphatic rings. The summed E-state index contributed by atoms with van der Waals surface area (Å²) in [7, 11) is 1.75. The van der Waals surface area contributed by atoms with Crippen molar-refractivity contribution in [1.29, 1.82) is 0 Å². The zero-order valence-electron chi connectivity index (χ0n) is 14.0. The number of carbonyl (C=O) groups is 1. The summed E-state index contributed by atoms with van der Waals surface area (Å²) in [5.41, 5.74) is 2.21. The number of rotatable bonds is 5. The van der Waals surface area contributed by atoms with Crippen LogP contribution in [0.25, 0.3) is 11.1 Å². The molecule has 1 heterocycles. The number of aliphatic hydroxyl groups is 1. The van der Waals surface area contributed by atoms with Crippen LogP contribution in [0.2, 0.25) is 0 Å². The van der Waals surface area contributed by atoms with Gasteiger partial charge in [0.05, 0.1) is 0 Å². The lowest BCUT2D eigenvalue weighted by Crippen LogP contribution is -2.56. The summed E-state index contributed by atoms with van der Waals surface area (Å²) < 4.78 is 0. The topological polar surface area (TPSA) is 52.6 Å². The van der Waals surface area contributed by atoms with Crippen molar-refractivity contribution < 1.29 is 9.90 Å². The third kappa shape index (κ3) is 3.50. The second kappa shape index (κ2) is 7.16. The Kier molecular flexibility index (Phi) is 4.97. The van der Waals surface area contributed by atoms with E-state index in [4.69, 9.17) is 0 Å². The monoisotopic (exact) mass is 324 g/mol. The number of piperidine rings is 1. The van der Waals surface area contributed by atoms with Crippen LogP contribution in [0.4, 0.5) is 0 Å². The molecular formula is C20H24N2O2. The Morgan fingerprint density at radius 3 is 2.62 bits per heavy atom. The van der Waals surface area contributed by atoms with Gasteiger partial charge in [0, 0.05) is 26.7 Å². The van der Waals surface area contributed by atoms with Crippen molar-refractivity contribution in [2.24, 2.45) is 0 Å². The first-order valence-corrected chi connectivity index (χ1v) is 8.42. The van der Waals surface area contributed by atoms with Gasteiger partial charge in [0.2, 0.25) is 0 Å². The molecule has 4 nitrogen and oxygen atoms in total. The summed E-state index contributed by atoms with van der Waals surface area (Å²) in [6, 6.07) is 18.5. The predicted octanol–water partition coefficient (Wildman–Crippen LogP) is 2.43. The van der Waals surface area contributed by atoms with Gasteiger partial charge >= 0.3 is 0 Å². The minimum Gasteiger partial charge on any atom is -0.379 e. The van der Waals surface area contributed by atoms with Crippen LogP contribution >= 0.6 is 0 Å². The molecule has 1 fully saturated rings. The van der Waals surface area contributed by atoms with Crippen LogP contribution in [0.3, 0.4) is 0 Å². The van der Waals surface area contributed by atoms with Crippen LogP contribution in [-0.2, 0) is 11.3 Å². The van der Waals surface area contributed by atoms with E-state index in [9.17, 15) is 9.90 Å². The van der Waals surface area contributed by atoms with Crippen molar-refractivity contribution in [3.63, 3.8) is 0 Å². The van der Waals surface area contributed by atoms with E-state index in [1.807, 2.05) is 30.3 Å². The minimum absolute atomic E-state index is 0.183. The summed E-state index contributed by atoms with van der Waals surface area (Å²) >= 11 is 0. The van der Waals surface area contributed by atoms with Crippen molar-refractivity contribution >= 4 is 5.91 Å². The van der Waals surface area contributed by atoms with Crippen LogP contribution in [0.5, 0.6) is 0 Å². The maximum Gasteiger partial charge on any atom is 0.255 e. The molecule has 2 aromatic carbocycles. The fourth-order valence-corrected chi connectivity index (χ4v) is 3.31. The van der Waals surface area contributed by atoms with Gasteiger partial charge in [0.15, 0.2) is 5.60 Å². The molecule has 1 amide bonds. The van der Waals surface area contributed by atoms with Gasteiger partial charge in [-0.2, -0.15) is 0 Å². The van der Waals surface area contributed by atoms with Crippen molar-refractivity contribution in [2.75, 3.05) is 20.1 Å². The van der Waals surface area contributed by atoms with Gasteiger partial charge in [0.25, 0.3) is 5.91 Å². The van der Waals surface area contributed by atoms with E-state index in [1.165, 1.54) is 11.1 Å². The average Bonchev–Trinajstić information content (AvgIpc) is 2.61. The highest BCUT2D eigenvalue weighted by Crippen LogP contribution is 2.24. The van der Waals surface area contributed by atoms with Gasteiger partial charge < -0.3 is 15.3 Å². The maximum absolute atomic E-state index is 12.2. The molecule has 1 atom stereocenters. The molecule has 4 heteroatoms. The molecule has 0 aliphatic carbocycles. The molecule has 24 heavy (non-hydrogen) atoms. The van der Waals surface area contributed by atoms with Crippen LogP contribution in [0.1, 0.15) is 18.4 Å². The molecule has 1 unspecified atom stereocenters. The number of carbonyl (C=O) groups excluding carboxylic acids is 1. The fraction of sp³-hybridized carbons (Fsp3) is 0.350. The lowest BCUT2D eigenvalue weighted by Gasteiger charge is -2.36. The Hall–Kier alpha value is -2.17. The summed E-state index contributed by atoms with van der Waals surface area (Å²) in [4.78, 5) is 13.8. The minimum atomic E-state index is -1.28. The van der Waals surface area contributed by atoms with E-state index in [2.05, 4.69) is 29.6 Å². The first-order valence-electron chi connectivity index (χ1n) is 8.42. The number of likely N-dealkylation sites (tertiary alicyclic amines) is 1. The normalized spacial score (nSPS) is 21.1. The number of likely N-dealkylation sites (N-methyl/N-ethyl adjacent to an activating group) is 1. The Bertz CT molecular complexity index is 702. The van der Waals surface area contributed by atoms with Crippen molar-refractivity contribution in [3.8, 4) is 11.1 Å². The number of hydrogen-bond acceptors (Lipinski definition) is 3. The molecule has 2 aromatic rings. The van der Waals surface area contributed by atoms with Crippen molar-refractivity contribution in [3.05, 3.63) is 60.2 Å². The van der Waals surface area contributed by atoms with E-state index in [-0.39, 0.29) is 12.5 Å². The van der Waals surface area contributed by atoms with Gasteiger partial charge in [-0.3, -0.25) is 4.79 Å². The Morgan fingerprint density at radius 1 is 1.12 bits per heavy atom. The summed E-state index contributed by atoms with van der Waals surface area (Å²) in [6.07, 6.45) is 1.35. The van der Waals surface area contributed by atoms with Crippen LogP contribution in [-0.4, -0.2) is 41.7 Å². The largest absolute Gasteiger partial charge is 0.379 e. The first kappa shape index (κ1) is 16.7. The third-order valence-corrected chi connectivity index (χ3v) is 4.66. The maximum atomic E-state index is 12.2. The van der Waals surface area contributed by atoms with E-state index >= 15 is 0 Å². The summed E-state index contributed by atoms with van der Waals surface area (Å²) in [6.45, 7) is 1.61. The van der Waals surface area contributed by atoms with Crippen molar-refractivity contribution in [2.45, 2.75) is 25.0 Å². The Balaban J connectivity index is 1.69. The molecule has 0 bridgehead atoms. The smallest absolute Gasteiger partial charge is 0.255 e. The molecule has 1 aliphatic heterocycles. The van der Waals surface area contributed by atoms with E-state index in [0.717, 1.165) is 18.5 Å². The molecule has 3 rings (SSSR count). The lowest BCUT2D eigenvalue weighted by atomic mass is 9.92. The quantitative estimate of drug-likeness (QED) is 0.888. The lowest BCUT2D eigenvalue weighted by molar-refractivity contribution is -0.154. The van der Waals surface area contributed by atoms with E-state index in [1.54, 1.807) is 11.9 Å². The van der Waals surface area contributed by atoms with E-state index < -0.39 is 5.60 Å². The molecular weight excluding hydrogens is 300 g/mol. The zero-order valence-corrected chi connectivity index (χ0v) is 14.0. The molecule has 0 spiro atoms. The highest BCUT2D eigenvalue weighted by Gasteiger charge is 2.40. The number of amides is 1. The average molecular weight is 324 g/mol. The SMILES string of the molecule is CN1CCCC(O)(CNCc2ccccc2-c2ccccc2)C1=O.